The summed E-state index contributed by atoms with van der Waals surface area (Å²) >= 11 is -1.04. The Morgan fingerprint density at radius 2 is 1.58 bits per heavy atom. The highest BCUT2D eigenvalue weighted by molar-refractivity contribution is 7.90. The summed E-state index contributed by atoms with van der Waals surface area (Å²) in [6.45, 7) is 13.2. The number of carbonyl (C=O) groups excluding carboxylic acids is 1. The third kappa shape index (κ3) is 5.81. The molecule has 140 valence electrons. The van der Waals surface area contributed by atoms with Crippen LogP contribution in [0.1, 0.15) is 67.2 Å². The van der Waals surface area contributed by atoms with Gasteiger partial charge in [0.1, 0.15) is 10.3 Å². The average Bonchev–Trinajstić information content (AvgIpc) is 3.26. The van der Waals surface area contributed by atoms with Gasteiger partial charge in [-0.1, -0.05) is 0 Å². The van der Waals surface area contributed by atoms with Crippen molar-refractivity contribution < 1.29 is 14.1 Å². The Balaban J connectivity index is 1.88. The smallest absolute Gasteiger partial charge is 0.410 e. The molecule has 5 nitrogen and oxygen atoms in total. The molecule has 1 aliphatic carbocycles. The predicted octanol–water partition coefficient (Wildman–Crippen LogP) is 3.46. The first-order valence-corrected chi connectivity index (χ1v) is 10.3. The van der Waals surface area contributed by atoms with Crippen molar-refractivity contribution in [3.63, 3.8) is 0 Å². The number of piperidine rings is 1. The fourth-order valence-corrected chi connectivity index (χ4v) is 4.09. The molecule has 0 aromatic rings. The van der Waals surface area contributed by atoms with Crippen molar-refractivity contribution in [1.82, 2.24) is 9.62 Å². The molecule has 0 radical (unpaired) electrons. The number of rotatable bonds is 4. The van der Waals surface area contributed by atoms with Gasteiger partial charge >= 0.3 is 6.09 Å². The van der Waals surface area contributed by atoms with Crippen LogP contribution in [0.5, 0.6) is 0 Å². The molecule has 1 heterocycles. The minimum atomic E-state index is -1.04. The van der Waals surface area contributed by atoms with E-state index < -0.39 is 17.0 Å². The Morgan fingerprint density at radius 3 is 2.00 bits per heavy atom. The van der Waals surface area contributed by atoms with Crippen LogP contribution >= 0.6 is 0 Å². The van der Waals surface area contributed by atoms with Crippen LogP contribution in [-0.2, 0) is 16.1 Å². The van der Waals surface area contributed by atoms with Crippen LogP contribution in [-0.4, -0.2) is 45.0 Å². The van der Waals surface area contributed by atoms with Crippen LogP contribution < -0.4 is 4.72 Å². The summed E-state index contributed by atoms with van der Waals surface area (Å²) in [6, 6.07) is 0.311. The lowest BCUT2D eigenvalue weighted by atomic mass is 9.87. The van der Waals surface area contributed by atoms with Gasteiger partial charge in [-0.25, -0.2) is 4.79 Å². The zero-order valence-electron chi connectivity index (χ0n) is 16.1. The molecule has 0 aromatic heterocycles. The van der Waals surface area contributed by atoms with Crippen LogP contribution in [0.2, 0.25) is 0 Å². The molecule has 1 saturated heterocycles. The average molecular weight is 359 g/mol. The first kappa shape index (κ1) is 19.9. The van der Waals surface area contributed by atoms with Gasteiger partial charge in [-0.05, 0) is 79.1 Å². The van der Waals surface area contributed by atoms with E-state index in [1.807, 2.05) is 46.4 Å². The number of likely N-dealkylation sites (tertiary alicyclic amines) is 1. The lowest BCUT2D eigenvalue weighted by molar-refractivity contribution is 0.0169. The predicted molar refractivity (Wildman–Crippen MR) is 98.1 cm³/mol. The standard InChI is InChI=1S/C18H34N2O3S/c1-17(2,3)23-16(21)20-11-9-14(10-12-20)15(13-7-8-13)19-24(22)18(4,5)6/h13-15,19H,7-12H2,1-6H3/t15-,24?/m0/s1. The molecule has 0 bridgehead atoms. The van der Waals surface area contributed by atoms with E-state index in [1.54, 1.807) is 0 Å². The van der Waals surface area contributed by atoms with Crippen molar-refractivity contribution >= 4 is 17.5 Å². The number of nitrogens with zero attached hydrogens (tertiary/aromatic N) is 1. The Labute approximate surface area is 150 Å². The summed E-state index contributed by atoms with van der Waals surface area (Å²) in [5.41, 5.74) is -0.449. The maximum atomic E-state index is 12.5. The van der Waals surface area contributed by atoms with Gasteiger partial charge in [0.05, 0.1) is 6.04 Å². The molecular formula is C18H34N2O3S. The number of amides is 1. The first-order chi connectivity index (χ1) is 11.0. The van der Waals surface area contributed by atoms with E-state index in [-0.39, 0.29) is 10.8 Å². The third-order valence-electron chi connectivity index (χ3n) is 4.63. The summed E-state index contributed by atoms with van der Waals surface area (Å²) in [6.07, 6.45) is 4.15. The minimum absolute atomic E-state index is 0.213. The quantitative estimate of drug-likeness (QED) is 0.782. The summed E-state index contributed by atoms with van der Waals surface area (Å²) in [5.74, 6) is 1.14. The number of hydrogen-bond donors (Lipinski definition) is 1. The molecule has 1 unspecified atom stereocenters. The third-order valence-corrected chi connectivity index (χ3v) is 6.23. The molecule has 1 amide bonds. The van der Waals surface area contributed by atoms with Crippen LogP contribution in [0.15, 0.2) is 0 Å². The zero-order chi connectivity index (χ0) is 18.1. The number of carbonyl (C=O) groups is 1. The number of nitrogens with one attached hydrogen (secondary N) is 1. The van der Waals surface area contributed by atoms with E-state index in [2.05, 4.69) is 4.72 Å². The fourth-order valence-electron chi connectivity index (χ4n) is 3.10. The summed E-state index contributed by atoms with van der Waals surface area (Å²) in [7, 11) is 0. The van der Waals surface area contributed by atoms with Gasteiger partial charge in [-0.2, -0.15) is 0 Å². The monoisotopic (exact) mass is 358 g/mol. The normalized spacial score (nSPS) is 23.0. The largest absolute Gasteiger partial charge is 0.598 e. The second kappa shape index (κ2) is 7.42. The maximum Gasteiger partial charge on any atom is 0.410 e. The molecule has 1 N–H and O–H groups in total. The molecule has 0 aromatic carbocycles. The van der Waals surface area contributed by atoms with E-state index in [9.17, 15) is 9.35 Å². The van der Waals surface area contributed by atoms with Crippen molar-refractivity contribution in [2.24, 2.45) is 11.8 Å². The molecule has 1 aliphatic heterocycles. The van der Waals surface area contributed by atoms with Crippen LogP contribution in [0, 0.1) is 11.8 Å². The molecule has 1 saturated carbocycles. The lowest BCUT2D eigenvalue weighted by Crippen LogP contribution is -2.51. The van der Waals surface area contributed by atoms with Crippen LogP contribution in [0.4, 0.5) is 4.79 Å². The number of hydrogen-bond acceptors (Lipinski definition) is 4. The Kier molecular flexibility index (Phi) is 6.14. The van der Waals surface area contributed by atoms with E-state index in [1.165, 1.54) is 12.8 Å². The topological polar surface area (TPSA) is 64.6 Å². The summed E-state index contributed by atoms with van der Waals surface area (Å²) in [4.78, 5) is 14.0. The number of ether oxygens (including phenoxy) is 1. The van der Waals surface area contributed by atoms with E-state index in [4.69, 9.17) is 4.74 Å². The Bertz CT molecular complexity index is 433. The van der Waals surface area contributed by atoms with Gasteiger partial charge in [-0.15, -0.1) is 4.72 Å². The van der Waals surface area contributed by atoms with Crippen molar-refractivity contribution in [1.29, 1.82) is 0 Å². The van der Waals surface area contributed by atoms with Gasteiger partial charge in [0.25, 0.3) is 0 Å². The highest BCUT2D eigenvalue weighted by atomic mass is 32.2. The second-order valence-electron chi connectivity index (χ2n) is 9.17. The van der Waals surface area contributed by atoms with Gasteiger partial charge < -0.3 is 14.2 Å². The van der Waals surface area contributed by atoms with E-state index in [0.29, 0.717) is 17.9 Å². The van der Waals surface area contributed by atoms with Crippen molar-refractivity contribution in [2.75, 3.05) is 13.1 Å². The summed E-state index contributed by atoms with van der Waals surface area (Å²) in [5, 5.41) is 0. The van der Waals surface area contributed by atoms with Gasteiger partial charge in [0, 0.05) is 24.5 Å². The second-order valence-corrected chi connectivity index (χ2v) is 11.2. The highest BCUT2D eigenvalue weighted by Crippen LogP contribution is 2.39. The van der Waals surface area contributed by atoms with Crippen molar-refractivity contribution in [2.45, 2.75) is 83.6 Å². The Hall–Kier alpha value is -0.460. The maximum absolute atomic E-state index is 12.5. The highest BCUT2D eigenvalue weighted by Gasteiger charge is 2.42. The fraction of sp³-hybridized carbons (Fsp3) is 0.944. The van der Waals surface area contributed by atoms with E-state index in [0.717, 1.165) is 25.9 Å². The minimum Gasteiger partial charge on any atom is -0.598 e. The molecule has 24 heavy (non-hydrogen) atoms. The van der Waals surface area contributed by atoms with Crippen molar-refractivity contribution in [3.8, 4) is 0 Å². The van der Waals surface area contributed by atoms with Gasteiger partial charge in [-0.3, -0.25) is 0 Å². The molecule has 2 rings (SSSR count). The molecule has 2 fully saturated rings. The Morgan fingerprint density at radius 1 is 1.08 bits per heavy atom. The van der Waals surface area contributed by atoms with Crippen LogP contribution in [0.3, 0.4) is 0 Å². The molecule has 2 aliphatic rings. The van der Waals surface area contributed by atoms with Gasteiger partial charge in [0.2, 0.25) is 0 Å². The lowest BCUT2D eigenvalue weighted by Gasteiger charge is -2.38. The zero-order valence-corrected chi connectivity index (χ0v) is 16.9. The molecule has 0 spiro atoms. The molecule has 6 heteroatoms. The summed E-state index contributed by atoms with van der Waals surface area (Å²) < 4.78 is 21.1. The van der Waals surface area contributed by atoms with Crippen molar-refractivity contribution in [3.05, 3.63) is 0 Å². The SMILES string of the molecule is CC(C)(C)OC(=O)N1CCC([C@@H](N[S+]([O-])C(C)(C)C)C2CC2)CC1. The van der Waals surface area contributed by atoms with Crippen LogP contribution in [0.25, 0.3) is 0 Å². The first-order valence-electron chi connectivity index (χ1n) is 9.13. The van der Waals surface area contributed by atoms with E-state index >= 15 is 0 Å². The van der Waals surface area contributed by atoms with Gasteiger partial charge in [0.15, 0.2) is 0 Å². The molecule has 2 atom stereocenters. The molecular weight excluding hydrogens is 324 g/mol.